The molecular weight excluding hydrogens is 442 g/mol. The van der Waals surface area contributed by atoms with E-state index in [1.54, 1.807) is 11.8 Å². The third kappa shape index (κ3) is 13.4. The molecule has 188 valence electrons. The molecule has 0 aliphatic carbocycles. The number of ether oxygens (including phenoxy) is 3. The molecule has 8 heteroatoms. The predicted molar refractivity (Wildman–Crippen MR) is 133 cm³/mol. The SMILES string of the molecule is CCCCCSCCN(CCOc1ccc(CC(OCC)C(=O)O)cc1)C(=O)OCCCC. The van der Waals surface area contributed by atoms with Crippen molar-refractivity contribution in [3.63, 3.8) is 0 Å². The van der Waals surface area contributed by atoms with Crippen LogP contribution in [0.2, 0.25) is 0 Å². The molecule has 0 aliphatic rings. The van der Waals surface area contributed by atoms with Crippen LogP contribution in [-0.2, 0) is 20.7 Å². The highest BCUT2D eigenvalue weighted by Crippen LogP contribution is 2.15. The number of nitrogens with zero attached hydrogens (tertiary/aromatic N) is 1. The van der Waals surface area contributed by atoms with Gasteiger partial charge in [0.05, 0.1) is 13.2 Å². The minimum absolute atomic E-state index is 0.285. The lowest BCUT2D eigenvalue weighted by molar-refractivity contribution is -0.149. The summed E-state index contributed by atoms with van der Waals surface area (Å²) in [5, 5.41) is 9.22. The summed E-state index contributed by atoms with van der Waals surface area (Å²) < 4.78 is 16.5. The molecule has 33 heavy (non-hydrogen) atoms. The molecule has 0 heterocycles. The van der Waals surface area contributed by atoms with Crippen molar-refractivity contribution < 1.29 is 28.9 Å². The molecule has 0 spiro atoms. The summed E-state index contributed by atoms with van der Waals surface area (Å²) in [4.78, 5) is 25.4. The van der Waals surface area contributed by atoms with Crippen molar-refractivity contribution >= 4 is 23.8 Å². The van der Waals surface area contributed by atoms with Crippen molar-refractivity contribution in [2.75, 3.05) is 44.4 Å². The summed E-state index contributed by atoms with van der Waals surface area (Å²) in [5.74, 6) is 1.70. The van der Waals surface area contributed by atoms with Crippen molar-refractivity contribution in [2.45, 2.75) is 65.4 Å². The van der Waals surface area contributed by atoms with E-state index in [-0.39, 0.29) is 6.09 Å². The Hall–Kier alpha value is -1.93. The smallest absolute Gasteiger partial charge is 0.409 e. The Morgan fingerprint density at radius 2 is 1.70 bits per heavy atom. The molecule has 1 atom stereocenters. The molecule has 0 aliphatic heterocycles. The molecule has 1 aromatic carbocycles. The molecule has 1 aromatic rings. The van der Waals surface area contributed by atoms with Crippen molar-refractivity contribution in [1.29, 1.82) is 0 Å². The molecule has 1 unspecified atom stereocenters. The third-order valence-electron chi connectivity index (χ3n) is 5.00. The summed E-state index contributed by atoms with van der Waals surface area (Å²) >= 11 is 1.87. The van der Waals surface area contributed by atoms with Crippen molar-refractivity contribution in [3.05, 3.63) is 29.8 Å². The Morgan fingerprint density at radius 3 is 2.33 bits per heavy atom. The molecule has 0 saturated carbocycles. The number of carbonyl (C=O) groups excluding carboxylic acids is 1. The summed E-state index contributed by atoms with van der Waals surface area (Å²) in [5.41, 5.74) is 0.865. The van der Waals surface area contributed by atoms with Crippen LogP contribution < -0.4 is 4.74 Å². The van der Waals surface area contributed by atoms with Crippen LogP contribution >= 0.6 is 11.8 Å². The lowest BCUT2D eigenvalue weighted by Gasteiger charge is -2.22. The molecular formula is C25H41NO6S. The van der Waals surface area contributed by atoms with Crippen LogP contribution in [0.3, 0.4) is 0 Å². The summed E-state index contributed by atoms with van der Waals surface area (Å²) in [6.07, 6.45) is 4.67. The fourth-order valence-corrected chi connectivity index (χ4v) is 4.01. The maximum atomic E-state index is 12.5. The number of carbonyl (C=O) groups is 2. The number of carboxylic acid groups (broad SMARTS) is 1. The second kappa shape index (κ2) is 18.5. The van der Waals surface area contributed by atoms with Gasteiger partial charge in [-0.1, -0.05) is 45.2 Å². The van der Waals surface area contributed by atoms with Crippen LogP contribution in [0.5, 0.6) is 5.75 Å². The zero-order valence-electron chi connectivity index (χ0n) is 20.4. The first kappa shape index (κ1) is 29.1. The van der Waals surface area contributed by atoms with Gasteiger partial charge in [-0.2, -0.15) is 11.8 Å². The number of hydrogen-bond acceptors (Lipinski definition) is 6. The number of thioether (sulfide) groups is 1. The van der Waals surface area contributed by atoms with Crippen LogP contribution in [0.4, 0.5) is 4.79 Å². The standard InChI is InChI=1S/C25H41NO6S/c1-4-7-9-18-33-19-15-26(25(29)32-16-8-5-2)14-17-31-22-12-10-21(11-13-22)20-23(24(27)28)30-6-3/h10-13,23H,4-9,14-20H2,1-3H3,(H,27,28). The Morgan fingerprint density at radius 1 is 0.970 bits per heavy atom. The minimum Gasteiger partial charge on any atom is -0.492 e. The summed E-state index contributed by atoms with van der Waals surface area (Å²) in [6.45, 7) is 8.28. The van der Waals surface area contributed by atoms with Crippen LogP contribution in [0.25, 0.3) is 0 Å². The second-order valence-electron chi connectivity index (χ2n) is 7.75. The number of rotatable bonds is 19. The molecule has 1 rings (SSSR count). The maximum absolute atomic E-state index is 12.5. The van der Waals surface area contributed by atoms with Gasteiger partial charge in [-0.05, 0) is 43.2 Å². The minimum atomic E-state index is -0.966. The lowest BCUT2D eigenvalue weighted by atomic mass is 10.1. The third-order valence-corrected chi connectivity index (χ3v) is 6.05. The topological polar surface area (TPSA) is 85.3 Å². The Labute approximate surface area is 203 Å². The van der Waals surface area contributed by atoms with E-state index in [0.717, 1.165) is 29.9 Å². The number of hydrogen-bond donors (Lipinski definition) is 1. The van der Waals surface area contributed by atoms with E-state index >= 15 is 0 Å². The Bertz CT molecular complexity index is 655. The van der Waals surface area contributed by atoms with E-state index in [9.17, 15) is 14.7 Å². The van der Waals surface area contributed by atoms with Gasteiger partial charge in [-0.3, -0.25) is 0 Å². The van der Waals surface area contributed by atoms with Crippen molar-refractivity contribution in [3.8, 4) is 5.75 Å². The fourth-order valence-electron chi connectivity index (χ4n) is 3.05. The molecule has 0 bridgehead atoms. The number of amides is 1. The fraction of sp³-hybridized carbons (Fsp3) is 0.680. The summed E-state index contributed by atoms with van der Waals surface area (Å²) in [6, 6.07) is 7.31. The van der Waals surface area contributed by atoms with E-state index in [4.69, 9.17) is 14.2 Å². The van der Waals surface area contributed by atoms with Crippen molar-refractivity contribution in [2.24, 2.45) is 0 Å². The zero-order chi connectivity index (χ0) is 24.3. The maximum Gasteiger partial charge on any atom is 0.409 e. The highest BCUT2D eigenvalue weighted by atomic mass is 32.2. The largest absolute Gasteiger partial charge is 0.492 e. The molecule has 0 radical (unpaired) electrons. The van der Waals surface area contributed by atoms with E-state index in [1.807, 2.05) is 36.0 Å². The van der Waals surface area contributed by atoms with Gasteiger partial charge in [0.25, 0.3) is 0 Å². The first-order chi connectivity index (χ1) is 16.0. The van der Waals surface area contributed by atoms with Gasteiger partial charge in [0, 0.05) is 25.3 Å². The molecule has 1 N–H and O–H groups in total. The average Bonchev–Trinajstić information content (AvgIpc) is 2.80. The quantitative estimate of drug-likeness (QED) is 0.269. The van der Waals surface area contributed by atoms with Gasteiger partial charge in [-0.25, -0.2) is 9.59 Å². The number of carboxylic acids is 1. The monoisotopic (exact) mass is 483 g/mol. The normalized spacial score (nSPS) is 11.7. The van der Waals surface area contributed by atoms with E-state index < -0.39 is 12.1 Å². The molecule has 0 aromatic heterocycles. The predicted octanol–water partition coefficient (Wildman–Crippen LogP) is 5.26. The lowest BCUT2D eigenvalue weighted by Crippen LogP contribution is -2.37. The van der Waals surface area contributed by atoms with Gasteiger partial charge in [0.2, 0.25) is 0 Å². The second-order valence-corrected chi connectivity index (χ2v) is 8.98. The van der Waals surface area contributed by atoms with Gasteiger partial charge in [-0.15, -0.1) is 0 Å². The number of aliphatic carboxylic acids is 1. The van der Waals surface area contributed by atoms with Gasteiger partial charge < -0.3 is 24.2 Å². The Kier molecular flexibility index (Phi) is 16.3. The van der Waals surface area contributed by atoms with Crippen molar-refractivity contribution in [1.82, 2.24) is 4.90 Å². The van der Waals surface area contributed by atoms with Gasteiger partial charge >= 0.3 is 12.1 Å². The van der Waals surface area contributed by atoms with E-state index in [0.29, 0.717) is 45.1 Å². The van der Waals surface area contributed by atoms with Crippen LogP contribution in [0.15, 0.2) is 24.3 Å². The number of unbranched alkanes of at least 4 members (excludes halogenated alkanes) is 3. The highest BCUT2D eigenvalue weighted by Gasteiger charge is 2.18. The van der Waals surface area contributed by atoms with Crippen LogP contribution in [0.1, 0.15) is 58.4 Å². The van der Waals surface area contributed by atoms with Gasteiger partial charge in [0.15, 0.2) is 6.10 Å². The summed E-state index contributed by atoms with van der Waals surface area (Å²) in [7, 11) is 0. The van der Waals surface area contributed by atoms with Crippen LogP contribution in [0, 0.1) is 0 Å². The first-order valence-electron chi connectivity index (χ1n) is 12.1. The van der Waals surface area contributed by atoms with E-state index in [1.165, 1.54) is 19.3 Å². The Balaban J connectivity index is 2.50. The molecule has 7 nitrogen and oxygen atoms in total. The highest BCUT2D eigenvalue weighted by molar-refractivity contribution is 7.99. The molecule has 0 fully saturated rings. The zero-order valence-corrected chi connectivity index (χ0v) is 21.2. The number of benzene rings is 1. The average molecular weight is 484 g/mol. The molecule has 0 saturated heterocycles. The van der Waals surface area contributed by atoms with Gasteiger partial charge in [0.1, 0.15) is 12.4 Å². The van der Waals surface area contributed by atoms with Crippen LogP contribution in [-0.4, -0.2) is 72.6 Å². The van der Waals surface area contributed by atoms with E-state index in [2.05, 4.69) is 13.8 Å². The molecule has 1 amide bonds. The first-order valence-corrected chi connectivity index (χ1v) is 13.2.